The molecule has 2 nitrogen and oxygen atoms in total. The van der Waals surface area contributed by atoms with Gasteiger partial charge in [0.25, 0.3) is 5.82 Å². The molecule has 0 saturated heterocycles. The van der Waals surface area contributed by atoms with Crippen LogP contribution in [0.5, 0.6) is 0 Å². The molecule has 0 unspecified atom stereocenters. The van der Waals surface area contributed by atoms with E-state index in [1.165, 1.54) is 22.4 Å². The van der Waals surface area contributed by atoms with Crippen molar-refractivity contribution in [2.75, 3.05) is 0 Å². The Bertz CT molecular complexity index is 602. The molecule has 0 bridgehead atoms. The summed E-state index contributed by atoms with van der Waals surface area (Å²) < 4.78 is 4.49. The first kappa shape index (κ1) is 12.6. The average molecular weight is 356 g/mol. The fraction of sp³-hybridized carbons (Fsp3) is 0.154. The largest absolute Gasteiger partial charge is 1.00 e. The minimum absolute atomic E-state index is 0. The third-order valence-corrected chi connectivity index (χ3v) is 3.70. The van der Waals surface area contributed by atoms with Crippen LogP contribution in [0.15, 0.2) is 41.1 Å². The number of thiophene rings is 1. The lowest BCUT2D eigenvalue weighted by Gasteiger charge is -1.93. The maximum atomic E-state index is 2.25. The Labute approximate surface area is 122 Å². The highest BCUT2D eigenvalue weighted by Crippen LogP contribution is 2.23. The molecule has 17 heavy (non-hydrogen) atoms. The SMILES string of the molecule is Cn1c(-c2ccsc2)[n+](C)c2ccccc21.[I-]. The highest BCUT2D eigenvalue weighted by molar-refractivity contribution is 7.08. The Hall–Kier alpha value is -0.880. The first-order chi connectivity index (χ1) is 7.79. The van der Waals surface area contributed by atoms with Crippen LogP contribution in [-0.2, 0) is 14.1 Å². The summed E-state index contributed by atoms with van der Waals surface area (Å²) in [5.41, 5.74) is 3.82. The zero-order valence-electron chi connectivity index (χ0n) is 9.72. The van der Waals surface area contributed by atoms with Crippen LogP contribution in [0.25, 0.3) is 22.4 Å². The summed E-state index contributed by atoms with van der Waals surface area (Å²) in [4.78, 5) is 0. The summed E-state index contributed by atoms with van der Waals surface area (Å²) in [5, 5.41) is 4.31. The first-order valence-electron chi connectivity index (χ1n) is 5.25. The number of hydrogen-bond acceptors (Lipinski definition) is 1. The van der Waals surface area contributed by atoms with Crippen molar-refractivity contribution in [3.8, 4) is 11.4 Å². The van der Waals surface area contributed by atoms with Gasteiger partial charge in [-0.1, -0.05) is 12.1 Å². The molecule has 0 aliphatic heterocycles. The van der Waals surface area contributed by atoms with Crippen molar-refractivity contribution in [1.29, 1.82) is 0 Å². The summed E-state index contributed by atoms with van der Waals surface area (Å²) in [6, 6.07) is 10.6. The maximum absolute atomic E-state index is 2.25. The van der Waals surface area contributed by atoms with Crippen molar-refractivity contribution in [1.82, 2.24) is 4.57 Å². The van der Waals surface area contributed by atoms with Crippen molar-refractivity contribution in [2.24, 2.45) is 14.1 Å². The molecular weight excluding hydrogens is 343 g/mol. The van der Waals surface area contributed by atoms with E-state index in [4.69, 9.17) is 0 Å². The Morgan fingerprint density at radius 1 is 1.18 bits per heavy atom. The van der Waals surface area contributed by atoms with Gasteiger partial charge in [-0.15, -0.1) is 0 Å². The predicted octanol–water partition coefficient (Wildman–Crippen LogP) is -0.265. The Balaban J connectivity index is 0.00000108. The summed E-state index contributed by atoms with van der Waals surface area (Å²) in [7, 11) is 4.24. The van der Waals surface area contributed by atoms with E-state index in [-0.39, 0.29) is 24.0 Å². The normalized spacial score (nSPS) is 10.5. The molecular formula is C13H13IN2S. The zero-order chi connectivity index (χ0) is 11.1. The van der Waals surface area contributed by atoms with Crippen molar-refractivity contribution in [3.63, 3.8) is 0 Å². The Kier molecular flexibility index (Phi) is 3.53. The maximum Gasteiger partial charge on any atom is 0.290 e. The van der Waals surface area contributed by atoms with Crippen LogP contribution < -0.4 is 28.5 Å². The number of hydrogen-bond donors (Lipinski definition) is 0. The predicted molar refractivity (Wildman–Crippen MR) is 67.4 cm³/mol. The lowest BCUT2D eigenvalue weighted by atomic mass is 10.3. The second-order valence-electron chi connectivity index (χ2n) is 3.94. The topological polar surface area (TPSA) is 8.81 Å². The smallest absolute Gasteiger partial charge is 0.290 e. The Morgan fingerprint density at radius 3 is 2.59 bits per heavy atom. The number of halogens is 1. The van der Waals surface area contributed by atoms with Gasteiger partial charge in [-0.05, 0) is 23.6 Å². The zero-order valence-corrected chi connectivity index (χ0v) is 12.7. The number of rotatable bonds is 1. The van der Waals surface area contributed by atoms with Gasteiger partial charge in [0.2, 0.25) is 0 Å². The van der Waals surface area contributed by atoms with E-state index < -0.39 is 0 Å². The molecule has 0 fully saturated rings. The van der Waals surface area contributed by atoms with Crippen molar-refractivity contribution in [2.45, 2.75) is 0 Å². The van der Waals surface area contributed by atoms with Crippen molar-refractivity contribution < 1.29 is 28.5 Å². The minimum atomic E-state index is 0. The number of aryl methyl sites for hydroxylation is 2. The van der Waals surface area contributed by atoms with E-state index in [2.05, 4.69) is 64.3 Å². The molecule has 0 N–H and O–H groups in total. The van der Waals surface area contributed by atoms with Crippen LogP contribution in [0.2, 0.25) is 0 Å². The highest BCUT2D eigenvalue weighted by atomic mass is 127. The second kappa shape index (κ2) is 4.78. The molecule has 3 rings (SSSR count). The average Bonchev–Trinajstić information content (AvgIpc) is 2.89. The van der Waals surface area contributed by atoms with Crippen LogP contribution in [0.4, 0.5) is 0 Å². The third kappa shape index (κ3) is 1.89. The van der Waals surface area contributed by atoms with Gasteiger partial charge in [0.1, 0.15) is 0 Å². The number of nitrogens with zero attached hydrogens (tertiary/aromatic N) is 2. The van der Waals surface area contributed by atoms with Crippen LogP contribution >= 0.6 is 11.3 Å². The lowest BCUT2D eigenvalue weighted by molar-refractivity contribution is -0.634. The van der Waals surface area contributed by atoms with Crippen LogP contribution in [0, 0.1) is 0 Å². The third-order valence-electron chi connectivity index (χ3n) is 3.02. The van der Waals surface area contributed by atoms with Crippen molar-refractivity contribution in [3.05, 3.63) is 41.1 Å². The van der Waals surface area contributed by atoms with E-state index in [0.717, 1.165) is 0 Å². The molecule has 1 aromatic carbocycles. The quantitative estimate of drug-likeness (QED) is 0.420. The molecule has 3 aromatic rings. The van der Waals surface area contributed by atoms with Crippen molar-refractivity contribution >= 4 is 22.4 Å². The molecule has 2 aromatic heterocycles. The van der Waals surface area contributed by atoms with Gasteiger partial charge in [0.05, 0.1) is 19.7 Å². The van der Waals surface area contributed by atoms with Crippen LogP contribution in [0.1, 0.15) is 0 Å². The molecule has 0 aliphatic carbocycles. The number of fused-ring (bicyclic) bond motifs is 1. The molecule has 4 heteroatoms. The lowest BCUT2D eigenvalue weighted by Crippen LogP contribution is -3.00. The molecule has 0 atom stereocenters. The number of benzene rings is 1. The molecule has 0 spiro atoms. The minimum Gasteiger partial charge on any atom is -1.00 e. The number of imidazole rings is 1. The van der Waals surface area contributed by atoms with Crippen LogP contribution in [-0.4, -0.2) is 4.57 Å². The van der Waals surface area contributed by atoms with E-state index in [1.54, 1.807) is 11.3 Å². The Morgan fingerprint density at radius 2 is 1.94 bits per heavy atom. The standard InChI is InChI=1S/C13H13N2S.HI/c1-14-11-5-3-4-6-12(11)15(2)13(14)10-7-8-16-9-10;/h3-9H,1-2H3;1H/q+1;/p-1. The second-order valence-corrected chi connectivity index (χ2v) is 4.72. The molecule has 2 heterocycles. The van der Waals surface area contributed by atoms with E-state index in [9.17, 15) is 0 Å². The number of aromatic nitrogens is 2. The molecule has 0 aliphatic rings. The highest BCUT2D eigenvalue weighted by Gasteiger charge is 2.20. The summed E-state index contributed by atoms with van der Waals surface area (Å²) in [5.74, 6) is 1.25. The van der Waals surface area contributed by atoms with Gasteiger partial charge in [0.15, 0.2) is 11.0 Å². The van der Waals surface area contributed by atoms with Gasteiger partial charge in [-0.2, -0.15) is 11.3 Å². The van der Waals surface area contributed by atoms with Gasteiger partial charge in [-0.3, -0.25) is 0 Å². The van der Waals surface area contributed by atoms with Crippen LogP contribution in [0.3, 0.4) is 0 Å². The van der Waals surface area contributed by atoms with Gasteiger partial charge in [0, 0.05) is 5.38 Å². The summed E-state index contributed by atoms with van der Waals surface area (Å²) in [6.45, 7) is 0. The van der Waals surface area contributed by atoms with Gasteiger partial charge in [-0.25, -0.2) is 9.13 Å². The summed E-state index contributed by atoms with van der Waals surface area (Å²) in [6.07, 6.45) is 0. The molecule has 0 saturated carbocycles. The summed E-state index contributed by atoms with van der Waals surface area (Å²) >= 11 is 1.74. The number of para-hydroxylation sites is 2. The van der Waals surface area contributed by atoms with E-state index >= 15 is 0 Å². The fourth-order valence-corrected chi connectivity index (χ4v) is 2.90. The molecule has 0 radical (unpaired) electrons. The van der Waals surface area contributed by atoms with E-state index in [1.807, 2.05) is 0 Å². The van der Waals surface area contributed by atoms with E-state index in [0.29, 0.717) is 0 Å². The van der Waals surface area contributed by atoms with Gasteiger partial charge >= 0.3 is 0 Å². The monoisotopic (exact) mass is 356 g/mol. The van der Waals surface area contributed by atoms with Gasteiger partial charge < -0.3 is 24.0 Å². The molecule has 0 amide bonds. The fourth-order valence-electron chi connectivity index (χ4n) is 2.26. The first-order valence-corrected chi connectivity index (χ1v) is 6.19. The molecule has 88 valence electrons.